The van der Waals surface area contributed by atoms with E-state index in [4.69, 9.17) is 5.26 Å². The number of para-hydroxylation sites is 1. The number of anilines is 2. The highest BCUT2D eigenvalue weighted by Crippen LogP contribution is 2.30. The van der Waals surface area contributed by atoms with Gasteiger partial charge in [-0.1, -0.05) is 18.2 Å². The Labute approximate surface area is 121 Å². The van der Waals surface area contributed by atoms with Gasteiger partial charge in [-0.3, -0.25) is 0 Å². The molecule has 96 valence electrons. The molecule has 0 saturated carbocycles. The van der Waals surface area contributed by atoms with E-state index >= 15 is 0 Å². The van der Waals surface area contributed by atoms with Crippen LogP contribution in [0.3, 0.4) is 0 Å². The van der Waals surface area contributed by atoms with Gasteiger partial charge in [0.1, 0.15) is 5.82 Å². The first-order chi connectivity index (χ1) is 9.22. The Balaban J connectivity index is 2.40. The lowest BCUT2D eigenvalue weighted by Crippen LogP contribution is -2.19. The summed E-state index contributed by atoms with van der Waals surface area (Å²) in [6, 6.07) is 14.2. The maximum Gasteiger partial charge on any atom is 0.147 e. The predicted molar refractivity (Wildman–Crippen MR) is 80.4 cm³/mol. The lowest BCUT2D eigenvalue weighted by molar-refractivity contribution is 0.922. The van der Waals surface area contributed by atoms with Gasteiger partial charge in [-0.2, -0.15) is 5.26 Å². The number of aryl methyl sites for hydroxylation is 1. The summed E-state index contributed by atoms with van der Waals surface area (Å²) in [7, 11) is 0. The van der Waals surface area contributed by atoms with Crippen LogP contribution in [0.1, 0.15) is 12.0 Å². The quantitative estimate of drug-likeness (QED) is 0.848. The van der Waals surface area contributed by atoms with Crippen LogP contribution in [-0.4, -0.2) is 11.5 Å². The summed E-state index contributed by atoms with van der Waals surface area (Å²) in [5.41, 5.74) is 2.14. The van der Waals surface area contributed by atoms with Gasteiger partial charge in [-0.05, 0) is 46.6 Å². The number of halogens is 1. The molecule has 1 aromatic heterocycles. The summed E-state index contributed by atoms with van der Waals surface area (Å²) >= 11 is 3.55. The highest BCUT2D eigenvalue weighted by Gasteiger charge is 2.13. The first-order valence-electron chi connectivity index (χ1n) is 6.04. The molecule has 0 aliphatic carbocycles. The molecular weight excluding hydrogens is 302 g/mol. The number of rotatable bonds is 4. The SMILES string of the molecule is Cc1cnc(N(CCC#N)c2ccccc2)c(Br)c1. The van der Waals surface area contributed by atoms with Crippen molar-refractivity contribution in [2.45, 2.75) is 13.3 Å². The third kappa shape index (κ3) is 3.33. The molecule has 0 bridgehead atoms. The summed E-state index contributed by atoms with van der Waals surface area (Å²) in [6.07, 6.45) is 2.29. The fourth-order valence-corrected chi connectivity index (χ4v) is 2.53. The zero-order valence-corrected chi connectivity index (χ0v) is 12.3. The Morgan fingerprint density at radius 3 is 2.68 bits per heavy atom. The number of hydrogen-bond donors (Lipinski definition) is 0. The van der Waals surface area contributed by atoms with E-state index in [0.717, 1.165) is 21.5 Å². The molecule has 4 heteroatoms. The van der Waals surface area contributed by atoms with Gasteiger partial charge in [0, 0.05) is 18.4 Å². The summed E-state index contributed by atoms with van der Waals surface area (Å²) in [5.74, 6) is 0.840. The molecule has 0 aliphatic rings. The summed E-state index contributed by atoms with van der Waals surface area (Å²) in [4.78, 5) is 6.53. The molecule has 0 radical (unpaired) electrons. The highest BCUT2D eigenvalue weighted by atomic mass is 79.9. The van der Waals surface area contributed by atoms with E-state index in [1.165, 1.54) is 0 Å². The molecule has 0 atom stereocenters. The molecule has 2 aromatic rings. The molecule has 1 heterocycles. The summed E-state index contributed by atoms with van der Waals surface area (Å²) in [5, 5.41) is 8.81. The summed E-state index contributed by atoms with van der Waals surface area (Å²) in [6.45, 7) is 2.62. The average molecular weight is 316 g/mol. The van der Waals surface area contributed by atoms with Crippen molar-refractivity contribution in [2.75, 3.05) is 11.4 Å². The normalized spacial score (nSPS) is 9.95. The van der Waals surface area contributed by atoms with E-state index in [0.29, 0.717) is 13.0 Å². The molecule has 0 saturated heterocycles. The molecule has 19 heavy (non-hydrogen) atoms. The molecule has 3 nitrogen and oxygen atoms in total. The standard InChI is InChI=1S/C15H14BrN3/c1-12-10-14(16)15(18-11-12)19(9-5-8-17)13-6-3-2-4-7-13/h2-4,6-7,10-11H,5,9H2,1H3. The first-order valence-corrected chi connectivity index (χ1v) is 6.83. The van der Waals surface area contributed by atoms with E-state index in [2.05, 4.69) is 27.0 Å². The Kier molecular flexibility index (Phi) is 4.53. The number of benzene rings is 1. The van der Waals surface area contributed by atoms with Gasteiger partial charge in [0.2, 0.25) is 0 Å². The lowest BCUT2D eigenvalue weighted by Gasteiger charge is -2.24. The molecule has 0 aliphatic heterocycles. The van der Waals surface area contributed by atoms with Crippen molar-refractivity contribution >= 4 is 27.4 Å². The van der Waals surface area contributed by atoms with Crippen LogP contribution in [0, 0.1) is 18.3 Å². The van der Waals surface area contributed by atoms with Crippen molar-refractivity contribution in [1.29, 1.82) is 5.26 Å². The molecular formula is C15H14BrN3. The smallest absolute Gasteiger partial charge is 0.147 e. The maximum absolute atomic E-state index is 8.81. The van der Waals surface area contributed by atoms with Gasteiger partial charge in [0.25, 0.3) is 0 Å². The largest absolute Gasteiger partial charge is 0.324 e. The van der Waals surface area contributed by atoms with Crippen molar-refractivity contribution in [2.24, 2.45) is 0 Å². The van der Waals surface area contributed by atoms with E-state index < -0.39 is 0 Å². The topological polar surface area (TPSA) is 39.9 Å². The Hall–Kier alpha value is -1.86. The number of aromatic nitrogens is 1. The third-order valence-corrected chi connectivity index (χ3v) is 3.31. The van der Waals surface area contributed by atoms with Gasteiger partial charge >= 0.3 is 0 Å². The third-order valence-electron chi connectivity index (χ3n) is 2.73. The lowest BCUT2D eigenvalue weighted by atomic mass is 10.2. The molecule has 0 unspecified atom stereocenters. The van der Waals surface area contributed by atoms with Crippen molar-refractivity contribution in [1.82, 2.24) is 4.98 Å². The fourth-order valence-electron chi connectivity index (χ4n) is 1.85. The average Bonchev–Trinajstić information content (AvgIpc) is 2.42. The fraction of sp³-hybridized carbons (Fsp3) is 0.200. The second kappa shape index (κ2) is 6.35. The van der Waals surface area contributed by atoms with Crippen LogP contribution in [0.5, 0.6) is 0 Å². The number of pyridine rings is 1. The zero-order valence-electron chi connectivity index (χ0n) is 10.7. The molecule has 2 rings (SSSR count). The monoisotopic (exact) mass is 315 g/mol. The molecule has 0 fully saturated rings. The van der Waals surface area contributed by atoms with E-state index in [9.17, 15) is 0 Å². The maximum atomic E-state index is 8.81. The number of nitriles is 1. The first kappa shape index (κ1) is 13.6. The molecule has 0 N–H and O–H groups in total. The van der Waals surface area contributed by atoms with Crippen LogP contribution in [0.25, 0.3) is 0 Å². The second-order valence-corrected chi connectivity index (χ2v) is 5.07. The predicted octanol–water partition coefficient (Wildman–Crippen LogP) is 4.20. The number of nitrogens with zero attached hydrogens (tertiary/aromatic N) is 3. The van der Waals surface area contributed by atoms with Crippen molar-refractivity contribution in [3.05, 3.63) is 52.6 Å². The van der Waals surface area contributed by atoms with Gasteiger partial charge in [-0.25, -0.2) is 4.98 Å². The zero-order chi connectivity index (χ0) is 13.7. The van der Waals surface area contributed by atoms with Crippen molar-refractivity contribution in [3.8, 4) is 6.07 Å². The van der Waals surface area contributed by atoms with Gasteiger partial charge in [0.05, 0.1) is 17.0 Å². The van der Waals surface area contributed by atoms with E-state index in [1.807, 2.05) is 54.4 Å². The van der Waals surface area contributed by atoms with E-state index in [1.54, 1.807) is 0 Å². The Morgan fingerprint density at radius 1 is 1.32 bits per heavy atom. The Bertz CT molecular complexity index is 590. The van der Waals surface area contributed by atoms with Gasteiger partial charge in [0.15, 0.2) is 0 Å². The van der Waals surface area contributed by atoms with Crippen LogP contribution in [0.4, 0.5) is 11.5 Å². The van der Waals surface area contributed by atoms with Crippen LogP contribution >= 0.6 is 15.9 Å². The minimum atomic E-state index is 0.455. The van der Waals surface area contributed by atoms with Crippen molar-refractivity contribution in [3.63, 3.8) is 0 Å². The Morgan fingerprint density at radius 2 is 2.05 bits per heavy atom. The number of hydrogen-bond acceptors (Lipinski definition) is 3. The highest BCUT2D eigenvalue weighted by molar-refractivity contribution is 9.10. The van der Waals surface area contributed by atoms with Crippen LogP contribution < -0.4 is 4.90 Å². The van der Waals surface area contributed by atoms with Gasteiger partial charge in [-0.15, -0.1) is 0 Å². The van der Waals surface area contributed by atoms with Crippen LogP contribution in [-0.2, 0) is 0 Å². The van der Waals surface area contributed by atoms with E-state index in [-0.39, 0.29) is 0 Å². The van der Waals surface area contributed by atoms with Crippen LogP contribution in [0.15, 0.2) is 47.1 Å². The van der Waals surface area contributed by atoms with Crippen molar-refractivity contribution < 1.29 is 0 Å². The molecule has 1 aromatic carbocycles. The minimum Gasteiger partial charge on any atom is -0.324 e. The second-order valence-electron chi connectivity index (χ2n) is 4.21. The molecule has 0 amide bonds. The summed E-state index contributed by atoms with van der Waals surface area (Å²) < 4.78 is 0.939. The van der Waals surface area contributed by atoms with Gasteiger partial charge < -0.3 is 4.90 Å². The molecule has 0 spiro atoms. The minimum absolute atomic E-state index is 0.455. The van der Waals surface area contributed by atoms with Crippen LogP contribution in [0.2, 0.25) is 0 Å².